The van der Waals surface area contributed by atoms with Gasteiger partial charge in [-0.15, -0.1) is 0 Å². The standard InChI is InChI=1S/C7H8N2O4S/c10-7(11)5-14(12,13)4-6-8-2-1-3-9-6/h1-3H,4-5H2,(H,10,11). The summed E-state index contributed by atoms with van der Waals surface area (Å²) in [5, 5.41) is 8.31. The van der Waals surface area contributed by atoms with Crippen LogP contribution in [0.15, 0.2) is 18.5 Å². The van der Waals surface area contributed by atoms with E-state index in [0.717, 1.165) is 0 Å². The van der Waals surface area contributed by atoms with E-state index in [2.05, 4.69) is 9.97 Å². The third-order valence-electron chi connectivity index (χ3n) is 1.31. The first kappa shape index (κ1) is 10.6. The average Bonchev–Trinajstić information content (AvgIpc) is 2.02. The smallest absolute Gasteiger partial charge is 0.318 e. The lowest BCUT2D eigenvalue weighted by Crippen LogP contribution is -2.18. The van der Waals surface area contributed by atoms with Crippen LogP contribution in [0.4, 0.5) is 0 Å². The number of nitrogens with zero attached hydrogens (tertiary/aromatic N) is 2. The summed E-state index contributed by atoms with van der Waals surface area (Å²) in [6.07, 6.45) is 2.80. The van der Waals surface area contributed by atoms with Gasteiger partial charge >= 0.3 is 5.97 Å². The number of hydrogen-bond acceptors (Lipinski definition) is 5. The number of aromatic nitrogens is 2. The zero-order valence-corrected chi connectivity index (χ0v) is 7.94. The molecule has 1 aromatic rings. The number of carboxylic acid groups (broad SMARTS) is 1. The van der Waals surface area contributed by atoms with Crippen LogP contribution in [0.5, 0.6) is 0 Å². The van der Waals surface area contributed by atoms with Gasteiger partial charge in [-0.2, -0.15) is 0 Å². The third kappa shape index (κ3) is 3.48. The molecule has 0 amide bonds. The molecule has 0 aliphatic rings. The summed E-state index contributed by atoms with van der Waals surface area (Å²) >= 11 is 0. The highest BCUT2D eigenvalue weighted by Crippen LogP contribution is 1.99. The van der Waals surface area contributed by atoms with E-state index in [0.29, 0.717) is 0 Å². The Morgan fingerprint density at radius 2 is 1.93 bits per heavy atom. The van der Waals surface area contributed by atoms with Gasteiger partial charge in [-0.05, 0) is 6.07 Å². The molecule has 0 aliphatic carbocycles. The van der Waals surface area contributed by atoms with E-state index in [9.17, 15) is 13.2 Å². The first-order chi connectivity index (χ1) is 6.49. The highest BCUT2D eigenvalue weighted by atomic mass is 32.2. The number of carboxylic acids is 1. The maximum absolute atomic E-state index is 11.1. The van der Waals surface area contributed by atoms with E-state index in [-0.39, 0.29) is 5.82 Å². The van der Waals surface area contributed by atoms with Crippen LogP contribution in [0.3, 0.4) is 0 Å². The van der Waals surface area contributed by atoms with Crippen LogP contribution in [-0.4, -0.2) is 35.2 Å². The van der Waals surface area contributed by atoms with Gasteiger partial charge in [-0.1, -0.05) is 0 Å². The Hall–Kier alpha value is -1.50. The van der Waals surface area contributed by atoms with E-state index in [1.807, 2.05) is 0 Å². The van der Waals surface area contributed by atoms with Crippen molar-refractivity contribution < 1.29 is 18.3 Å². The molecule has 0 spiro atoms. The maximum atomic E-state index is 11.1. The molecule has 7 heteroatoms. The fourth-order valence-electron chi connectivity index (χ4n) is 0.840. The van der Waals surface area contributed by atoms with Crippen LogP contribution in [0.2, 0.25) is 0 Å². The van der Waals surface area contributed by atoms with Crippen molar-refractivity contribution in [1.82, 2.24) is 9.97 Å². The maximum Gasteiger partial charge on any atom is 0.318 e. The van der Waals surface area contributed by atoms with Crippen molar-refractivity contribution in [3.05, 3.63) is 24.3 Å². The molecule has 0 unspecified atom stereocenters. The number of aliphatic carboxylic acids is 1. The number of hydrogen-bond donors (Lipinski definition) is 1. The summed E-state index contributed by atoms with van der Waals surface area (Å²) in [4.78, 5) is 17.6. The molecule has 0 atom stereocenters. The van der Waals surface area contributed by atoms with Gasteiger partial charge < -0.3 is 5.11 Å². The minimum atomic E-state index is -3.66. The molecular weight excluding hydrogens is 208 g/mol. The van der Waals surface area contributed by atoms with E-state index < -0.39 is 27.3 Å². The summed E-state index contributed by atoms with van der Waals surface area (Å²) in [5.74, 6) is -2.61. The van der Waals surface area contributed by atoms with Crippen LogP contribution in [-0.2, 0) is 20.4 Å². The summed E-state index contributed by atoms with van der Waals surface area (Å²) < 4.78 is 22.3. The molecule has 0 saturated carbocycles. The topological polar surface area (TPSA) is 97.2 Å². The van der Waals surface area contributed by atoms with Gasteiger partial charge in [0.05, 0.1) is 0 Å². The molecule has 0 fully saturated rings. The van der Waals surface area contributed by atoms with Gasteiger partial charge in [0.15, 0.2) is 9.84 Å². The SMILES string of the molecule is O=C(O)CS(=O)(=O)Cc1ncccn1. The Labute approximate surface area is 80.5 Å². The average molecular weight is 216 g/mol. The lowest BCUT2D eigenvalue weighted by Gasteiger charge is -1.98. The minimum Gasteiger partial charge on any atom is -0.480 e. The largest absolute Gasteiger partial charge is 0.480 e. The molecule has 0 saturated heterocycles. The number of carbonyl (C=O) groups is 1. The van der Waals surface area contributed by atoms with Crippen molar-refractivity contribution in [2.24, 2.45) is 0 Å². The fraction of sp³-hybridized carbons (Fsp3) is 0.286. The summed E-state index contributed by atoms with van der Waals surface area (Å²) in [7, 11) is -3.66. The summed E-state index contributed by atoms with van der Waals surface area (Å²) in [5.41, 5.74) is 0. The Morgan fingerprint density at radius 3 is 2.43 bits per heavy atom. The predicted octanol–water partition coefficient (Wildman–Crippen LogP) is -0.524. The quantitative estimate of drug-likeness (QED) is 0.727. The van der Waals surface area contributed by atoms with Crippen molar-refractivity contribution in [3.63, 3.8) is 0 Å². The molecule has 14 heavy (non-hydrogen) atoms. The lowest BCUT2D eigenvalue weighted by atomic mass is 10.6. The minimum absolute atomic E-state index is 0.105. The molecule has 1 rings (SSSR count). The van der Waals surface area contributed by atoms with Gasteiger partial charge in [-0.25, -0.2) is 18.4 Å². The summed E-state index contributed by atoms with van der Waals surface area (Å²) in [6, 6.07) is 1.55. The predicted molar refractivity (Wildman–Crippen MR) is 47.2 cm³/mol. The summed E-state index contributed by atoms with van der Waals surface area (Å²) in [6.45, 7) is 0. The molecular formula is C7H8N2O4S. The van der Waals surface area contributed by atoms with Gasteiger partial charge in [0.25, 0.3) is 0 Å². The number of rotatable bonds is 4. The van der Waals surface area contributed by atoms with Gasteiger partial charge in [-0.3, -0.25) is 4.79 Å². The van der Waals surface area contributed by atoms with Gasteiger partial charge in [0, 0.05) is 12.4 Å². The van der Waals surface area contributed by atoms with E-state index in [4.69, 9.17) is 5.11 Å². The molecule has 76 valence electrons. The fourth-order valence-corrected chi connectivity index (χ4v) is 1.86. The van der Waals surface area contributed by atoms with Gasteiger partial charge in [0.2, 0.25) is 0 Å². The Morgan fingerprint density at radius 1 is 1.36 bits per heavy atom. The lowest BCUT2D eigenvalue weighted by molar-refractivity contribution is -0.134. The zero-order chi connectivity index (χ0) is 10.6. The highest BCUT2D eigenvalue weighted by Gasteiger charge is 2.17. The molecule has 1 aromatic heterocycles. The molecule has 0 aliphatic heterocycles. The number of sulfone groups is 1. The Balaban J connectivity index is 2.74. The second-order valence-electron chi connectivity index (χ2n) is 2.59. The second kappa shape index (κ2) is 4.14. The molecule has 6 nitrogen and oxygen atoms in total. The molecule has 1 heterocycles. The van der Waals surface area contributed by atoms with Crippen molar-refractivity contribution >= 4 is 15.8 Å². The first-order valence-electron chi connectivity index (χ1n) is 3.68. The zero-order valence-electron chi connectivity index (χ0n) is 7.12. The van der Waals surface area contributed by atoms with Crippen molar-refractivity contribution in [2.75, 3.05) is 5.75 Å². The van der Waals surface area contributed by atoms with Crippen LogP contribution < -0.4 is 0 Å². The van der Waals surface area contributed by atoms with Crippen molar-refractivity contribution in [1.29, 1.82) is 0 Å². The van der Waals surface area contributed by atoms with E-state index in [1.165, 1.54) is 12.4 Å². The molecule has 0 aromatic carbocycles. The van der Waals surface area contributed by atoms with Crippen LogP contribution in [0.25, 0.3) is 0 Å². The highest BCUT2D eigenvalue weighted by molar-refractivity contribution is 7.91. The monoisotopic (exact) mass is 216 g/mol. The molecule has 0 bridgehead atoms. The van der Waals surface area contributed by atoms with E-state index >= 15 is 0 Å². The Kier molecular flexibility index (Phi) is 3.13. The van der Waals surface area contributed by atoms with Crippen molar-refractivity contribution in [2.45, 2.75) is 5.75 Å². The second-order valence-corrected chi connectivity index (χ2v) is 4.66. The van der Waals surface area contributed by atoms with E-state index in [1.54, 1.807) is 6.07 Å². The van der Waals surface area contributed by atoms with Gasteiger partial charge in [0.1, 0.15) is 17.3 Å². The molecule has 0 radical (unpaired) electrons. The van der Waals surface area contributed by atoms with Crippen LogP contribution >= 0.6 is 0 Å². The Bertz CT molecular complexity index is 415. The molecule has 1 N–H and O–H groups in total. The third-order valence-corrected chi connectivity index (χ3v) is 2.70. The first-order valence-corrected chi connectivity index (χ1v) is 5.50. The van der Waals surface area contributed by atoms with Crippen LogP contribution in [0.1, 0.15) is 5.82 Å². The normalized spacial score (nSPS) is 11.1. The van der Waals surface area contributed by atoms with Crippen LogP contribution in [0, 0.1) is 0 Å². The van der Waals surface area contributed by atoms with Crippen molar-refractivity contribution in [3.8, 4) is 0 Å².